The van der Waals surface area contributed by atoms with Crippen molar-refractivity contribution in [1.29, 1.82) is 0 Å². The van der Waals surface area contributed by atoms with Crippen LogP contribution in [-0.4, -0.2) is 26.0 Å². The molecule has 0 radical (unpaired) electrons. The van der Waals surface area contributed by atoms with Gasteiger partial charge in [-0.05, 0) is 67.6 Å². The molecule has 0 aliphatic heterocycles. The van der Waals surface area contributed by atoms with Crippen molar-refractivity contribution in [3.63, 3.8) is 0 Å². The van der Waals surface area contributed by atoms with Crippen molar-refractivity contribution in [3.8, 4) is 5.75 Å². The van der Waals surface area contributed by atoms with Crippen molar-refractivity contribution in [2.45, 2.75) is 18.4 Å². The van der Waals surface area contributed by atoms with Gasteiger partial charge in [-0.3, -0.25) is 9.71 Å². The molecule has 0 spiro atoms. The summed E-state index contributed by atoms with van der Waals surface area (Å²) in [7, 11) is -3.75. The van der Waals surface area contributed by atoms with E-state index in [-0.39, 0.29) is 11.5 Å². The highest BCUT2D eigenvalue weighted by Crippen LogP contribution is 2.20. The molecule has 0 bridgehead atoms. The highest BCUT2D eigenvalue weighted by atomic mass is 32.2. The third-order valence-corrected chi connectivity index (χ3v) is 5.29. The van der Waals surface area contributed by atoms with Crippen LogP contribution in [0, 0.1) is 0 Å². The minimum atomic E-state index is -3.75. The smallest absolute Gasteiger partial charge is 0.338 e. The molecule has 0 saturated heterocycles. The predicted octanol–water partition coefficient (Wildman–Crippen LogP) is 3.64. The van der Waals surface area contributed by atoms with Gasteiger partial charge < -0.3 is 9.47 Å². The van der Waals surface area contributed by atoms with Crippen LogP contribution in [0.2, 0.25) is 0 Å². The topological polar surface area (TPSA) is 94.6 Å². The standard InChI is InChI=1S/C21H20N2O5S/c1-2-27-19-10-12-20(13-11-19)29(25,26)23-17-8-6-16(7-9-17)21(24)28-15-18-5-3-4-14-22-18/h3-14,23H,2,15H2,1H3. The third-order valence-electron chi connectivity index (χ3n) is 3.90. The largest absolute Gasteiger partial charge is 0.494 e. The van der Waals surface area contributed by atoms with E-state index >= 15 is 0 Å². The van der Waals surface area contributed by atoms with Crippen LogP contribution < -0.4 is 9.46 Å². The highest BCUT2D eigenvalue weighted by molar-refractivity contribution is 7.92. The number of nitrogens with zero attached hydrogens (tertiary/aromatic N) is 1. The normalized spacial score (nSPS) is 10.9. The zero-order chi connectivity index (χ0) is 20.7. The molecular weight excluding hydrogens is 392 g/mol. The first-order chi connectivity index (χ1) is 14.0. The monoisotopic (exact) mass is 412 g/mol. The fraction of sp³-hybridized carbons (Fsp3) is 0.143. The summed E-state index contributed by atoms with van der Waals surface area (Å²) in [6.07, 6.45) is 1.62. The van der Waals surface area contributed by atoms with E-state index in [0.717, 1.165) is 0 Å². The Morgan fingerprint density at radius 1 is 1.00 bits per heavy atom. The van der Waals surface area contributed by atoms with Gasteiger partial charge in [0.2, 0.25) is 0 Å². The Morgan fingerprint density at radius 3 is 2.34 bits per heavy atom. The van der Waals surface area contributed by atoms with Crippen LogP contribution in [0.1, 0.15) is 23.0 Å². The maximum atomic E-state index is 12.5. The number of aromatic nitrogens is 1. The molecule has 150 valence electrons. The molecule has 0 aliphatic rings. The van der Waals surface area contributed by atoms with E-state index in [1.807, 2.05) is 6.92 Å². The summed E-state index contributed by atoms with van der Waals surface area (Å²) in [6, 6.07) is 17.5. The lowest BCUT2D eigenvalue weighted by Crippen LogP contribution is -2.13. The Labute approximate surface area is 169 Å². The molecule has 1 heterocycles. The molecule has 2 aromatic carbocycles. The molecule has 0 atom stereocenters. The second-order valence-electron chi connectivity index (χ2n) is 5.98. The second kappa shape index (κ2) is 9.20. The predicted molar refractivity (Wildman–Crippen MR) is 108 cm³/mol. The van der Waals surface area contributed by atoms with E-state index in [4.69, 9.17) is 9.47 Å². The maximum Gasteiger partial charge on any atom is 0.338 e. The van der Waals surface area contributed by atoms with Gasteiger partial charge in [0.1, 0.15) is 12.4 Å². The quantitative estimate of drug-likeness (QED) is 0.568. The van der Waals surface area contributed by atoms with E-state index in [2.05, 4.69) is 9.71 Å². The van der Waals surface area contributed by atoms with E-state index in [0.29, 0.717) is 29.3 Å². The maximum absolute atomic E-state index is 12.5. The number of esters is 1. The number of carbonyl (C=O) groups is 1. The molecule has 0 fully saturated rings. The summed E-state index contributed by atoms with van der Waals surface area (Å²) < 4.78 is 38.0. The first-order valence-corrected chi connectivity index (χ1v) is 10.4. The van der Waals surface area contributed by atoms with E-state index < -0.39 is 16.0 Å². The van der Waals surface area contributed by atoms with Crippen molar-refractivity contribution in [2.75, 3.05) is 11.3 Å². The van der Waals surface area contributed by atoms with Gasteiger partial charge in [0.15, 0.2) is 0 Å². The Kier molecular flexibility index (Phi) is 6.46. The Bertz CT molecular complexity index is 1050. The minimum Gasteiger partial charge on any atom is -0.494 e. The number of hydrogen-bond donors (Lipinski definition) is 1. The van der Waals surface area contributed by atoms with Gasteiger partial charge in [-0.25, -0.2) is 13.2 Å². The zero-order valence-corrected chi connectivity index (χ0v) is 16.6. The first kappa shape index (κ1) is 20.3. The molecule has 29 heavy (non-hydrogen) atoms. The Hall–Kier alpha value is -3.39. The third kappa shape index (κ3) is 5.55. The van der Waals surface area contributed by atoms with Gasteiger partial charge >= 0.3 is 5.97 Å². The number of carbonyl (C=O) groups excluding carboxylic acids is 1. The molecule has 0 unspecified atom stereocenters. The molecule has 0 saturated carbocycles. The number of pyridine rings is 1. The number of hydrogen-bond acceptors (Lipinski definition) is 6. The van der Waals surface area contributed by atoms with Crippen LogP contribution >= 0.6 is 0 Å². The molecule has 7 nitrogen and oxygen atoms in total. The van der Waals surface area contributed by atoms with Crippen molar-refractivity contribution in [1.82, 2.24) is 4.98 Å². The van der Waals surface area contributed by atoms with Crippen LogP contribution in [0.3, 0.4) is 0 Å². The van der Waals surface area contributed by atoms with Crippen molar-refractivity contribution >= 4 is 21.7 Å². The molecule has 1 N–H and O–H groups in total. The molecule has 3 rings (SSSR count). The number of ether oxygens (including phenoxy) is 2. The molecular formula is C21H20N2O5S. The summed E-state index contributed by atoms with van der Waals surface area (Å²) >= 11 is 0. The van der Waals surface area contributed by atoms with Gasteiger partial charge in [-0.15, -0.1) is 0 Å². The van der Waals surface area contributed by atoms with Crippen molar-refractivity contribution < 1.29 is 22.7 Å². The number of anilines is 1. The average molecular weight is 412 g/mol. The van der Waals surface area contributed by atoms with Gasteiger partial charge in [-0.2, -0.15) is 0 Å². The lowest BCUT2D eigenvalue weighted by Gasteiger charge is -2.10. The summed E-state index contributed by atoms with van der Waals surface area (Å²) in [5, 5.41) is 0. The molecule has 0 amide bonds. The Balaban J connectivity index is 1.62. The SMILES string of the molecule is CCOc1ccc(S(=O)(=O)Nc2ccc(C(=O)OCc3ccccn3)cc2)cc1. The first-order valence-electron chi connectivity index (χ1n) is 8.91. The highest BCUT2D eigenvalue weighted by Gasteiger charge is 2.15. The van der Waals surface area contributed by atoms with Crippen LogP contribution in [-0.2, 0) is 21.4 Å². The van der Waals surface area contributed by atoms with Crippen LogP contribution in [0.25, 0.3) is 0 Å². The molecule has 0 aliphatic carbocycles. The van der Waals surface area contributed by atoms with Gasteiger partial charge in [0.05, 0.1) is 22.8 Å². The van der Waals surface area contributed by atoms with Crippen LogP contribution in [0.5, 0.6) is 5.75 Å². The van der Waals surface area contributed by atoms with E-state index in [1.54, 1.807) is 36.5 Å². The minimum absolute atomic E-state index is 0.0613. The van der Waals surface area contributed by atoms with Gasteiger partial charge in [-0.1, -0.05) is 6.07 Å². The number of benzene rings is 2. The van der Waals surface area contributed by atoms with Crippen LogP contribution in [0.4, 0.5) is 5.69 Å². The van der Waals surface area contributed by atoms with E-state index in [9.17, 15) is 13.2 Å². The zero-order valence-electron chi connectivity index (χ0n) is 15.7. The fourth-order valence-corrected chi connectivity index (χ4v) is 3.54. The number of rotatable bonds is 8. The summed E-state index contributed by atoms with van der Waals surface area (Å²) in [6.45, 7) is 2.41. The fourth-order valence-electron chi connectivity index (χ4n) is 2.48. The number of sulfonamides is 1. The lowest BCUT2D eigenvalue weighted by molar-refractivity contribution is 0.0468. The summed E-state index contributed by atoms with van der Waals surface area (Å²) in [4.78, 5) is 16.3. The van der Waals surface area contributed by atoms with Gasteiger partial charge in [0, 0.05) is 11.9 Å². The average Bonchev–Trinajstić information content (AvgIpc) is 2.74. The lowest BCUT2D eigenvalue weighted by atomic mass is 10.2. The molecule has 8 heteroatoms. The summed E-state index contributed by atoms with van der Waals surface area (Å²) in [5.74, 6) is 0.0802. The second-order valence-corrected chi connectivity index (χ2v) is 7.67. The van der Waals surface area contributed by atoms with Crippen LogP contribution in [0.15, 0.2) is 77.8 Å². The molecule has 3 aromatic rings. The number of nitrogens with one attached hydrogen (secondary N) is 1. The summed E-state index contributed by atoms with van der Waals surface area (Å²) in [5.41, 5.74) is 1.28. The van der Waals surface area contributed by atoms with Crippen molar-refractivity contribution in [2.24, 2.45) is 0 Å². The van der Waals surface area contributed by atoms with Crippen molar-refractivity contribution in [3.05, 3.63) is 84.2 Å². The van der Waals surface area contributed by atoms with E-state index in [1.165, 1.54) is 36.4 Å². The Morgan fingerprint density at radius 2 is 1.72 bits per heavy atom. The van der Waals surface area contributed by atoms with Gasteiger partial charge in [0.25, 0.3) is 10.0 Å². The molecule has 1 aromatic heterocycles.